The molecule has 174 valence electrons. The number of ether oxygens (including phenoxy) is 1. The SMILES string of the molecule is COc1ccc([C@H](CNC(=O)c2ccc(S(=O)(=O)c3ccc(Br)cc3)o2)N2CCCC2)cc1. The zero-order valence-electron chi connectivity index (χ0n) is 18.2. The summed E-state index contributed by atoms with van der Waals surface area (Å²) in [6.45, 7) is 2.30. The third-order valence-electron chi connectivity index (χ3n) is 5.73. The fourth-order valence-corrected chi connectivity index (χ4v) is 5.37. The second kappa shape index (κ2) is 10.1. The van der Waals surface area contributed by atoms with Crippen molar-refractivity contribution in [1.82, 2.24) is 10.2 Å². The van der Waals surface area contributed by atoms with Crippen LogP contribution in [0.2, 0.25) is 0 Å². The minimum atomic E-state index is -3.85. The van der Waals surface area contributed by atoms with Gasteiger partial charge in [0.15, 0.2) is 5.76 Å². The number of nitrogens with one attached hydrogen (secondary N) is 1. The smallest absolute Gasteiger partial charge is 0.287 e. The van der Waals surface area contributed by atoms with Crippen molar-refractivity contribution in [2.45, 2.75) is 28.9 Å². The lowest BCUT2D eigenvalue weighted by Crippen LogP contribution is -2.36. The molecule has 33 heavy (non-hydrogen) atoms. The van der Waals surface area contributed by atoms with E-state index in [2.05, 4.69) is 26.1 Å². The largest absolute Gasteiger partial charge is 0.497 e. The van der Waals surface area contributed by atoms with Gasteiger partial charge in [-0.1, -0.05) is 28.1 Å². The highest BCUT2D eigenvalue weighted by atomic mass is 79.9. The summed E-state index contributed by atoms with van der Waals surface area (Å²) in [5.74, 6) is 0.281. The minimum Gasteiger partial charge on any atom is -0.497 e. The van der Waals surface area contributed by atoms with Gasteiger partial charge in [-0.2, -0.15) is 0 Å². The van der Waals surface area contributed by atoms with Crippen molar-refractivity contribution in [1.29, 1.82) is 0 Å². The number of likely N-dealkylation sites (tertiary alicyclic amines) is 1. The number of amides is 1. The normalized spacial score (nSPS) is 15.3. The maximum atomic E-state index is 12.8. The average molecular weight is 533 g/mol. The van der Waals surface area contributed by atoms with Gasteiger partial charge in [0, 0.05) is 11.0 Å². The maximum Gasteiger partial charge on any atom is 0.287 e. The first kappa shape index (κ1) is 23.5. The van der Waals surface area contributed by atoms with Crippen molar-refractivity contribution in [2.24, 2.45) is 0 Å². The summed E-state index contributed by atoms with van der Waals surface area (Å²) < 4.78 is 37.1. The van der Waals surface area contributed by atoms with Gasteiger partial charge in [-0.25, -0.2) is 8.42 Å². The topological polar surface area (TPSA) is 88.8 Å². The van der Waals surface area contributed by atoms with Crippen LogP contribution >= 0.6 is 15.9 Å². The number of hydrogen-bond donors (Lipinski definition) is 1. The van der Waals surface area contributed by atoms with E-state index in [9.17, 15) is 13.2 Å². The summed E-state index contributed by atoms with van der Waals surface area (Å²) in [7, 11) is -2.22. The number of carbonyl (C=O) groups is 1. The summed E-state index contributed by atoms with van der Waals surface area (Å²) in [5, 5.41) is 2.65. The zero-order chi connectivity index (χ0) is 23.4. The second-order valence-electron chi connectivity index (χ2n) is 7.82. The van der Waals surface area contributed by atoms with Crippen LogP contribution in [-0.4, -0.2) is 46.0 Å². The molecule has 2 heterocycles. The van der Waals surface area contributed by atoms with E-state index >= 15 is 0 Å². The Bertz CT molecular complexity index is 1200. The Kier molecular flexibility index (Phi) is 7.21. The number of furan rings is 1. The number of nitrogens with zero attached hydrogens (tertiary/aromatic N) is 1. The molecule has 0 bridgehead atoms. The predicted octanol–water partition coefficient (Wildman–Crippen LogP) is 4.45. The standard InChI is InChI=1S/C24H25BrN2O5S/c1-31-19-8-4-17(5-9-19)21(27-14-2-3-15-27)16-26-24(28)22-12-13-23(32-22)33(29,30)20-10-6-18(25)7-11-20/h4-13,21H,2-3,14-16H2,1H3,(H,26,28)/t21-/m0/s1. The molecule has 2 aromatic carbocycles. The molecule has 0 spiro atoms. The lowest BCUT2D eigenvalue weighted by molar-refractivity contribution is 0.0905. The van der Waals surface area contributed by atoms with Crippen LogP contribution in [0.1, 0.15) is 35.0 Å². The fourth-order valence-electron chi connectivity index (χ4n) is 3.93. The van der Waals surface area contributed by atoms with Gasteiger partial charge < -0.3 is 14.5 Å². The highest BCUT2D eigenvalue weighted by Crippen LogP contribution is 2.27. The Morgan fingerprint density at radius 1 is 1.06 bits per heavy atom. The van der Waals surface area contributed by atoms with E-state index in [0.29, 0.717) is 6.54 Å². The van der Waals surface area contributed by atoms with E-state index in [4.69, 9.17) is 9.15 Å². The van der Waals surface area contributed by atoms with Crippen LogP contribution in [0.5, 0.6) is 5.75 Å². The van der Waals surface area contributed by atoms with Gasteiger partial charge >= 0.3 is 0 Å². The van der Waals surface area contributed by atoms with Gasteiger partial charge in [-0.05, 0) is 80.0 Å². The monoisotopic (exact) mass is 532 g/mol. The third kappa shape index (κ3) is 5.31. The Hall–Kier alpha value is -2.62. The second-order valence-corrected chi connectivity index (χ2v) is 10.6. The highest BCUT2D eigenvalue weighted by Gasteiger charge is 2.26. The van der Waals surface area contributed by atoms with E-state index in [-0.39, 0.29) is 21.8 Å². The quantitative estimate of drug-likeness (QED) is 0.461. The van der Waals surface area contributed by atoms with Gasteiger partial charge in [0.1, 0.15) is 5.75 Å². The van der Waals surface area contributed by atoms with Crippen molar-refractivity contribution < 1.29 is 22.4 Å². The number of benzene rings is 2. The zero-order valence-corrected chi connectivity index (χ0v) is 20.6. The van der Waals surface area contributed by atoms with Crippen LogP contribution in [0, 0.1) is 0 Å². The van der Waals surface area contributed by atoms with Crippen molar-refractivity contribution in [2.75, 3.05) is 26.7 Å². The summed E-state index contributed by atoms with van der Waals surface area (Å²) in [4.78, 5) is 15.2. The maximum absolute atomic E-state index is 12.8. The molecule has 0 aliphatic carbocycles. The van der Waals surface area contributed by atoms with Gasteiger partial charge in [-0.15, -0.1) is 0 Å². The van der Waals surface area contributed by atoms with Crippen LogP contribution in [-0.2, 0) is 9.84 Å². The molecule has 1 amide bonds. The average Bonchev–Trinajstić information content (AvgIpc) is 3.53. The number of sulfone groups is 1. The number of hydrogen-bond acceptors (Lipinski definition) is 6. The van der Waals surface area contributed by atoms with Crippen LogP contribution in [0.4, 0.5) is 0 Å². The summed E-state index contributed by atoms with van der Waals surface area (Å²) >= 11 is 3.29. The van der Waals surface area contributed by atoms with Crippen LogP contribution < -0.4 is 10.1 Å². The van der Waals surface area contributed by atoms with Gasteiger partial charge in [0.2, 0.25) is 14.9 Å². The van der Waals surface area contributed by atoms with E-state index in [1.165, 1.54) is 24.3 Å². The molecule has 1 atom stereocenters. The van der Waals surface area contributed by atoms with Crippen molar-refractivity contribution >= 4 is 31.7 Å². The van der Waals surface area contributed by atoms with Crippen molar-refractivity contribution in [3.05, 3.63) is 76.5 Å². The Labute approximate surface area is 201 Å². The fraction of sp³-hybridized carbons (Fsp3) is 0.292. The first-order valence-electron chi connectivity index (χ1n) is 10.6. The number of halogens is 1. The first-order chi connectivity index (χ1) is 15.9. The van der Waals surface area contributed by atoms with Crippen LogP contribution in [0.15, 0.2) is 79.5 Å². The molecule has 0 saturated carbocycles. The molecular weight excluding hydrogens is 508 g/mol. The van der Waals surface area contributed by atoms with E-state index in [0.717, 1.165) is 41.7 Å². The molecule has 1 aliphatic heterocycles. The molecular formula is C24H25BrN2O5S. The number of methoxy groups -OCH3 is 1. The number of carbonyl (C=O) groups excluding carboxylic acids is 1. The third-order valence-corrected chi connectivity index (χ3v) is 7.90. The van der Waals surface area contributed by atoms with Crippen molar-refractivity contribution in [3.8, 4) is 5.75 Å². The van der Waals surface area contributed by atoms with Gasteiger partial charge in [0.25, 0.3) is 5.91 Å². The Morgan fingerprint density at radius 3 is 2.36 bits per heavy atom. The molecule has 9 heteroatoms. The molecule has 1 fully saturated rings. The van der Waals surface area contributed by atoms with Crippen molar-refractivity contribution in [3.63, 3.8) is 0 Å². The van der Waals surface area contributed by atoms with E-state index in [1.807, 2.05) is 24.3 Å². The molecule has 4 rings (SSSR count). The first-order valence-corrected chi connectivity index (χ1v) is 12.9. The molecule has 1 aromatic heterocycles. The summed E-state index contributed by atoms with van der Waals surface area (Å²) in [6, 6.07) is 16.8. The predicted molar refractivity (Wildman–Crippen MR) is 127 cm³/mol. The minimum absolute atomic E-state index is 0.00304. The van der Waals surface area contributed by atoms with Crippen LogP contribution in [0.25, 0.3) is 0 Å². The van der Waals surface area contributed by atoms with Gasteiger partial charge in [-0.3, -0.25) is 9.69 Å². The van der Waals surface area contributed by atoms with Crippen LogP contribution in [0.3, 0.4) is 0 Å². The molecule has 0 radical (unpaired) electrons. The molecule has 0 unspecified atom stereocenters. The molecule has 1 aliphatic rings. The highest BCUT2D eigenvalue weighted by molar-refractivity contribution is 9.10. The number of rotatable bonds is 8. The molecule has 3 aromatic rings. The summed E-state index contributed by atoms with van der Waals surface area (Å²) in [5.41, 5.74) is 1.08. The van der Waals surface area contributed by atoms with E-state index < -0.39 is 15.7 Å². The molecule has 1 N–H and O–H groups in total. The molecule has 7 nitrogen and oxygen atoms in total. The lowest BCUT2D eigenvalue weighted by atomic mass is 10.1. The summed E-state index contributed by atoms with van der Waals surface area (Å²) in [6.07, 6.45) is 2.24. The molecule has 1 saturated heterocycles. The van der Waals surface area contributed by atoms with E-state index in [1.54, 1.807) is 19.2 Å². The lowest BCUT2D eigenvalue weighted by Gasteiger charge is -2.28. The Balaban J connectivity index is 1.48. The van der Waals surface area contributed by atoms with Gasteiger partial charge in [0.05, 0.1) is 18.0 Å². The Morgan fingerprint density at radius 2 is 1.73 bits per heavy atom.